The Morgan fingerprint density at radius 1 is 1.00 bits per heavy atom. The van der Waals surface area contributed by atoms with Crippen LogP contribution in [0.25, 0.3) is 5.69 Å². The zero-order valence-corrected chi connectivity index (χ0v) is 17.9. The Balaban J connectivity index is 1.33. The topological polar surface area (TPSA) is 75.5 Å². The molecule has 3 aromatic rings. The summed E-state index contributed by atoms with van der Waals surface area (Å²) >= 11 is 0. The van der Waals surface area contributed by atoms with Gasteiger partial charge in [0.15, 0.2) is 0 Å². The first-order chi connectivity index (χ1) is 15.0. The summed E-state index contributed by atoms with van der Waals surface area (Å²) in [5, 5.41) is 3.61. The molecular formula is C23H24N4O3S. The van der Waals surface area contributed by atoms with Crippen molar-refractivity contribution in [2.45, 2.75) is 24.5 Å². The van der Waals surface area contributed by atoms with Gasteiger partial charge in [-0.2, -0.15) is 5.10 Å². The summed E-state index contributed by atoms with van der Waals surface area (Å²) in [4.78, 5) is 14.8. The van der Waals surface area contributed by atoms with Crippen LogP contribution in [-0.4, -0.2) is 53.9 Å². The first kappa shape index (κ1) is 19.8. The minimum Gasteiger partial charge on any atom is -0.337 e. The maximum absolute atomic E-state index is 13.4. The Hall–Kier alpha value is -3.13. The van der Waals surface area contributed by atoms with E-state index in [9.17, 15) is 13.2 Å². The van der Waals surface area contributed by atoms with E-state index < -0.39 is 15.3 Å². The van der Waals surface area contributed by atoms with Crippen LogP contribution < -0.4 is 4.31 Å². The number of carbonyl (C=O) groups is 1. The van der Waals surface area contributed by atoms with Crippen molar-refractivity contribution in [3.05, 3.63) is 78.1 Å². The van der Waals surface area contributed by atoms with Crippen molar-refractivity contribution in [2.24, 2.45) is 0 Å². The molecule has 1 aromatic heterocycles. The van der Waals surface area contributed by atoms with E-state index in [1.807, 2.05) is 48.7 Å². The highest BCUT2D eigenvalue weighted by atomic mass is 32.2. The normalized spacial score (nSPS) is 18.8. The summed E-state index contributed by atoms with van der Waals surface area (Å²) in [6.45, 7) is 1.27. The van der Waals surface area contributed by atoms with Crippen LogP contribution in [0, 0.1) is 0 Å². The van der Waals surface area contributed by atoms with Gasteiger partial charge in [-0.15, -0.1) is 0 Å². The molecule has 5 rings (SSSR count). The number of para-hydroxylation sites is 1. The number of hydrogen-bond acceptors (Lipinski definition) is 4. The molecule has 1 fully saturated rings. The Labute approximate surface area is 182 Å². The van der Waals surface area contributed by atoms with E-state index in [4.69, 9.17) is 0 Å². The third-order valence-corrected chi connectivity index (χ3v) is 8.34. The smallest absolute Gasteiger partial charge is 0.253 e. The standard InChI is InChI=1S/C23H24N4O3S/c28-23(19-8-10-20(11-9-19)26-15-4-13-24-26)25-14-3-6-21(17-25)31(29,30)27-16-12-18-5-1-2-7-22(18)27/h1-2,4-5,7-11,13,15,21H,3,6,12,14,16-17H2/t21-/m0/s1. The fraction of sp³-hybridized carbons (Fsp3) is 0.304. The number of hydrogen-bond donors (Lipinski definition) is 0. The molecule has 0 spiro atoms. The Kier molecular flexibility index (Phi) is 5.02. The number of amides is 1. The summed E-state index contributed by atoms with van der Waals surface area (Å²) in [5.74, 6) is -0.131. The molecule has 2 aliphatic rings. The number of fused-ring (bicyclic) bond motifs is 1. The van der Waals surface area contributed by atoms with Crippen molar-refractivity contribution in [1.29, 1.82) is 0 Å². The number of sulfonamides is 1. The number of likely N-dealkylation sites (tertiary alicyclic amines) is 1. The molecule has 0 bridgehead atoms. The molecule has 0 unspecified atom stereocenters. The van der Waals surface area contributed by atoms with Gasteiger partial charge in [-0.1, -0.05) is 18.2 Å². The van der Waals surface area contributed by atoms with Gasteiger partial charge in [0, 0.05) is 37.6 Å². The summed E-state index contributed by atoms with van der Waals surface area (Å²) < 4.78 is 30.1. The van der Waals surface area contributed by atoms with Crippen LogP contribution in [0.2, 0.25) is 0 Å². The molecule has 1 saturated heterocycles. The predicted octanol–water partition coefficient (Wildman–Crippen LogP) is 2.87. The third kappa shape index (κ3) is 3.61. The van der Waals surface area contributed by atoms with Crippen molar-refractivity contribution < 1.29 is 13.2 Å². The van der Waals surface area contributed by atoms with Crippen LogP contribution in [-0.2, 0) is 16.4 Å². The average molecular weight is 437 g/mol. The molecule has 3 heterocycles. The fourth-order valence-corrected chi connectivity index (χ4v) is 6.47. The Bertz CT molecular complexity index is 1190. The second-order valence-electron chi connectivity index (χ2n) is 8.01. The number of carbonyl (C=O) groups excluding carboxylic acids is 1. The van der Waals surface area contributed by atoms with E-state index in [1.54, 1.807) is 32.2 Å². The van der Waals surface area contributed by atoms with Gasteiger partial charge in [-0.3, -0.25) is 9.10 Å². The average Bonchev–Trinajstić information content (AvgIpc) is 3.49. The van der Waals surface area contributed by atoms with Crippen LogP contribution in [0.1, 0.15) is 28.8 Å². The molecule has 0 radical (unpaired) electrons. The first-order valence-corrected chi connectivity index (χ1v) is 12.0. The molecule has 0 aliphatic carbocycles. The second-order valence-corrected chi connectivity index (χ2v) is 10.1. The molecule has 1 atom stereocenters. The lowest BCUT2D eigenvalue weighted by molar-refractivity contribution is 0.0727. The lowest BCUT2D eigenvalue weighted by atomic mass is 10.1. The number of anilines is 1. The largest absolute Gasteiger partial charge is 0.337 e. The summed E-state index contributed by atoms with van der Waals surface area (Å²) in [6, 6.07) is 16.7. The minimum atomic E-state index is -3.53. The third-order valence-electron chi connectivity index (χ3n) is 6.12. The summed E-state index contributed by atoms with van der Waals surface area (Å²) in [6.07, 6.45) is 5.52. The van der Waals surface area contributed by atoms with Crippen molar-refractivity contribution in [3.8, 4) is 5.69 Å². The molecule has 8 heteroatoms. The molecule has 0 N–H and O–H groups in total. The zero-order chi connectivity index (χ0) is 21.4. The molecular weight excluding hydrogens is 412 g/mol. The fourth-order valence-electron chi connectivity index (χ4n) is 4.48. The van der Waals surface area contributed by atoms with E-state index >= 15 is 0 Å². The van der Waals surface area contributed by atoms with Gasteiger partial charge in [-0.25, -0.2) is 13.1 Å². The molecule has 31 heavy (non-hydrogen) atoms. The number of aromatic nitrogens is 2. The molecule has 2 aliphatic heterocycles. The SMILES string of the molecule is O=C(c1ccc(-n2cccn2)cc1)N1CCC[C@H](S(=O)(=O)N2CCc3ccccc32)C1. The van der Waals surface area contributed by atoms with E-state index in [0.717, 1.165) is 23.4 Å². The van der Waals surface area contributed by atoms with Gasteiger partial charge in [0.1, 0.15) is 0 Å². The van der Waals surface area contributed by atoms with Gasteiger partial charge in [0.25, 0.3) is 5.91 Å². The quantitative estimate of drug-likeness (QED) is 0.630. The van der Waals surface area contributed by atoms with Gasteiger partial charge in [0.05, 0.1) is 16.6 Å². The highest BCUT2D eigenvalue weighted by Gasteiger charge is 2.39. The summed E-state index contributed by atoms with van der Waals surface area (Å²) in [7, 11) is -3.53. The van der Waals surface area contributed by atoms with E-state index in [1.165, 1.54) is 0 Å². The van der Waals surface area contributed by atoms with Crippen molar-refractivity contribution in [3.63, 3.8) is 0 Å². The molecule has 2 aromatic carbocycles. The molecule has 0 saturated carbocycles. The zero-order valence-electron chi connectivity index (χ0n) is 17.1. The van der Waals surface area contributed by atoms with E-state index in [0.29, 0.717) is 31.5 Å². The number of piperidine rings is 1. The van der Waals surface area contributed by atoms with Gasteiger partial charge in [-0.05, 0) is 61.2 Å². The van der Waals surface area contributed by atoms with Crippen LogP contribution in [0.3, 0.4) is 0 Å². The van der Waals surface area contributed by atoms with Crippen molar-refractivity contribution in [2.75, 3.05) is 23.9 Å². The lowest BCUT2D eigenvalue weighted by Gasteiger charge is -2.35. The molecule has 160 valence electrons. The highest BCUT2D eigenvalue weighted by Crippen LogP contribution is 2.33. The van der Waals surface area contributed by atoms with Crippen LogP contribution in [0.5, 0.6) is 0 Å². The Morgan fingerprint density at radius 3 is 2.58 bits per heavy atom. The Morgan fingerprint density at radius 2 is 1.81 bits per heavy atom. The maximum Gasteiger partial charge on any atom is 0.253 e. The molecule has 1 amide bonds. The second kappa shape index (κ2) is 7.85. The van der Waals surface area contributed by atoms with E-state index in [2.05, 4.69) is 5.10 Å². The van der Waals surface area contributed by atoms with Crippen LogP contribution in [0.15, 0.2) is 67.0 Å². The number of nitrogens with zero attached hydrogens (tertiary/aromatic N) is 4. The number of rotatable bonds is 4. The monoisotopic (exact) mass is 436 g/mol. The van der Waals surface area contributed by atoms with Gasteiger partial charge in [0.2, 0.25) is 10.0 Å². The summed E-state index contributed by atoms with van der Waals surface area (Å²) in [5.41, 5.74) is 3.26. The first-order valence-electron chi connectivity index (χ1n) is 10.5. The lowest BCUT2D eigenvalue weighted by Crippen LogP contribution is -2.49. The maximum atomic E-state index is 13.4. The van der Waals surface area contributed by atoms with E-state index in [-0.39, 0.29) is 12.5 Å². The van der Waals surface area contributed by atoms with Crippen LogP contribution in [0.4, 0.5) is 5.69 Å². The van der Waals surface area contributed by atoms with Gasteiger partial charge < -0.3 is 4.90 Å². The highest BCUT2D eigenvalue weighted by molar-refractivity contribution is 7.93. The molecule has 7 nitrogen and oxygen atoms in total. The van der Waals surface area contributed by atoms with Crippen molar-refractivity contribution >= 4 is 21.6 Å². The predicted molar refractivity (Wildman–Crippen MR) is 119 cm³/mol. The van der Waals surface area contributed by atoms with Crippen LogP contribution >= 0.6 is 0 Å². The minimum absolute atomic E-state index is 0.131. The van der Waals surface area contributed by atoms with Gasteiger partial charge >= 0.3 is 0 Å². The van der Waals surface area contributed by atoms with Crippen molar-refractivity contribution in [1.82, 2.24) is 14.7 Å². The number of benzene rings is 2.